The molecule has 0 bridgehead atoms. The number of para-hydroxylation sites is 1. The lowest BCUT2D eigenvalue weighted by Gasteiger charge is -2.16. The molecule has 0 saturated carbocycles. The summed E-state index contributed by atoms with van der Waals surface area (Å²) in [6, 6.07) is 20.4. The van der Waals surface area contributed by atoms with Crippen LogP contribution in [0.5, 0.6) is 5.75 Å². The van der Waals surface area contributed by atoms with E-state index >= 15 is 0 Å². The van der Waals surface area contributed by atoms with Crippen molar-refractivity contribution in [2.45, 2.75) is 18.9 Å². The standard InChI is InChI=1S/C29H24N4O5/c1-33-16-24(18-10-12-30-13-11-18)28(32-33)19-6-8-22(9-7-19)38-17-21-14-20-4-2-3-5-25(20)31-27(21)23(29(36)37)15-26(34)35/h2-14,16,23H,15,17H2,1H3,(H,34,35)(H,36,37). The van der Waals surface area contributed by atoms with Gasteiger partial charge in [-0.1, -0.05) is 18.2 Å². The minimum Gasteiger partial charge on any atom is -0.489 e. The maximum absolute atomic E-state index is 11.9. The second kappa shape index (κ2) is 10.5. The zero-order valence-corrected chi connectivity index (χ0v) is 20.5. The Balaban J connectivity index is 1.42. The van der Waals surface area contributed by atoms with Crippen molar-refractivity contribution in [1.29, 1.82) is 0 Å². The Bertz CT molecular complexity index is 1610. The number of hydrogen-bond acceptors (Lipinski definition) is 6. The normalized spacial score (nSPS) is 11.8. The average molecular weight is 509 g/mol. The summed E-state index contributed by atoms with van der Waals surface area (Å²) in [5.41, 5.74) is 5.02. The van der Waals surface area contributed by atoms with Crippen molar-refractivity contribution in [1.82, 2.24) is 19.7 Å². The topological polar surface area (TPSA) is 127 Å². The molecule has 1 atom stereocenters. The first-order chi connectivity index (χ1) is 18.4. The zero-order valence-electron chi connectivity index (χ0n) is 20.5. The van der Waals surface area contributed by atoms with Gasteiger partial charge in [-0.3, -0.25) is 24.2 Å². The summed E-state index contributed by atoms with van der Waals surface area (Å²) in [6.07, 6.45) is 4.86. The Kier molecular flexibility index (Phi) is 6.82. The predicted molar refractivity (Wildman–Crippen MR) is 141 cm³/mol. The summed E-state index contributed by atoms with van der Waals surface area (Å²) in [5.74, 6) is -3.19. The van der Waals surface area contributed by atoms with Gasteiger partial charge in [-0.2, -0.15) is 5.10 Å². The van der Waals surface area contributed by atoms with E-state index in [4.69, 9.17) is 4.74 Å². The van der Waals surface area contributed by atoms with Crippen LogP contribution in [0.25, 0.3) is 33.3 Å². The van der Waals surface area contributed by atoms with E-state index in [1.54, 1.807) is 35.3 Å². The molecule has 3 heterocycles. The van der Waals surface area contributed by atoms with Crippen LogP contribution in [0.3, 0.4) is 0 Å². The van der Waals surface area contributed by atoms with Gasteiger partial charge < -0.3 is 14.9 Å². The molecule has 38 heavy (non-hydrogen) atoms. The molecule has 0 aliphatic heterocycles. The van der Waals surface area contributed by atoms with Crippen molar-refractivity contribution in [3.8, 4) is 28.1 Å². The van der Waals surface area contributed by atoms with E-state index in [0.29, 0.717) is 16.8 Å². The number of aliphatic carboxylic acids is 2. The molecule has 0 saturated heterocycles. The molecule has 0 spiro atoms. The number of aryl methyl sites for hydroxylation is 1. The summed E-state index contributed by atoms with van der Waals surface area (Å²) in [5, 5.41) is 24.5. The van der Waals surface area contributed by atoms with E-state index in [0.717, 1.165) is 27.8 Å². The van der Waals surface area contributed by atoms with Crippen molar-refractivity contribution in [3.63, 3.8) is 0 Å². The van der Waals surface area contributed by atoms with Crippen LogP contribution < -0.4 is 4.74 Å². The molecule has 9 nitrogen and oxygen atoms in total. The van der Waals surface area contributed by atoms with Gasteiger partial charge in [-0.25, -0.2) is 0 Å². The second-order valence-corrected chi connectivity index (χ2v) is 8.83. The van der Waals surface area contributed by atoms with Gasteiger partial charge in [0, 0.05) is 47.7 Å². The van der Waals surface area contributed by atoms with Gasteiger partial charge in [0.15, 0.2) is 0 Å². The Morgan fingerprint density at radius 1 is 0.974 bits per heavy atom. The van der Waals surface area contributed by atoms with Crippen LogP contribution in [0, 0.1) is 0 Å². The quantitative estimate of drug-likeness (QED) is 0.287. The van der Waals surface area contributed by atoms with E-state index in [1.807, 2.05) is 61.8 Å². The van der Waals surface area contributed by atoms with Crippen LogP contribution in [-0.2, 0) is 23.2 Å². The van der Waals surface area contributed by atoms with Crippen molar-refractivity contribution in [2.24, 2.45) is 7.05 Å². The Morgan fingerprint density at radius 2 is 1.71 bits per heavy atom. The lowest BCUT2D eigenvalue weighted by atomic mass is 9.95. The lowest BCUT2D eigenvalue weighted by molar-refractivity contribution is -0.145. The molecule has 5 aromatic rings. The van der Waals surface area contributed by atoms with Crippen LogP contribution in [0.2, 0.25) is 0 Å². The summed E-state index contributed by atoms with van der Waals surface area (Å²) in [6.45, 7) is 0.0295. The number of nitrogens with zero attached hydrogens (tertiary/aromatic N) is 4. The number of pyridine rings is 2. The van der Waals surface area contributed by atoms with Gasteiger partial charge in [-0.15, -0.1) is 0 Å². The van der Waals surface area contributed by atoms with E-state index < -0.39 is 24.3 Å². The molecule has 0 amide bonds. The smallest absolute Gasteiger partial charge is 0.313 e. The second-order valence-electron chi connectivity index (χ2n) is 8.83. The highest BCUT2D eigenvalue weighted by molar-refractivity contribution is 5.85. The van der Waals surface area contributed by atoms with Crippen molar-refractivity contribution < 1.29 is 24.5 Å². The fourth-order valence-corrected chi connectivity index (χ4v) is 4.38. The van der Waals surface area contributed by atoms with E-state index in [-0.39, 0.29) is 12.3 Å². The number of carboxylic acid groups (broad SMARTS) is 2. The SMILES string of the molecule is Cn1cc(-c2ccncc2)c(-c2ccc(OCc3cc4ccccc4nc3C(CC(=O)O)C(=O)O)cc2)n1. The molecule has 5 rings (SSSR count). The Labute approximate surface area is 218 Å². The highest BCUT2D eigenvalue weighted by Gasteiger charge is 2.28. The van der Waals surface area contributed by atoms with Crippen LogP contribution >= 0.6 is 0 Å². The highest BCUT2D eigenvalue weighted by Crippen LogP contribution is 2.32. The molecule has 0 aliphatic rings. The maximum atomic E-state index is 11.9. The van der Waals surface area contributed by atoms with Crippen molar-refractivity contribution in [2.75, 3.05) is 0 Å². The number of rotatable bonds is 9. The Hall–Kier alpha value is -5.05. The number of ether oxygens (including phenoxy) is 1. The molecule has 0 fully saturated rings. The number of fused-ring (bicyclic) bond motifs is 1. The molecular formula is C29H24N4O5. The zero-order chi connectivity index (χ0) is 26.6. The molecule has 3 aromatic heterocycles. The monoisotopic (exact) mass is 508 g/mol. The van der Waals surface area contributed by atoms with E-state index in [9.17, 15) is 19.8 Å². The first-order valence-electron chi connectivity index (χ1n) is 11.9. The van der Waals surface area contributed by atoms with Crippen LogP contribution in [0.4, 0.5) is 0 Å². The maximum Gasteiger partial charge on any atom is 0.313 e. The highest BCUT2D eigenvalue weighted by atomic mass is 16.5. The van der Waals surface area contributed by atoms with Crippen molar-refractivity contribution in [3.05, 3.63) is 96.6 Å². The number of aromatic nitrogens is 4. The fraction of sp³-hybridized carbons (Fsp3) is 0.138. The summed E-state index contributed by atoms with van der Waals surface area (Å²) in [7, 11) is 1.87. The van der Waals surface area contributed by atoms with Gasteiger partial charge >= 0.3 is 11.9 Å². The molecule has 0 aliphatic carbocycles. The van der Waals surface area contributed by atoms with Gasteiger partial charge in [-0.05, 0) is 54.1 Å². The third-order valence-corrected chi connectivity index (χ3v) is 6.19. The molecule has 1 unspecified atom stereocenters. The largest absolute Gasteiger partial charge is 0.489 e. The molecule has 2 aromatic carbocycles. The number of benzene rings is 2. The summed E-state index contributed by atoms with van der Waals surface area (Å²) < 4.78 is 7.78. The van der Waals surface area contributed by atoms with Gasteiger partial charge in [0.05, 0.1) is 17.6 Å². The third kappa shape index (κ3) is 5.22. The van der Waals surface area contributed by atoms with E-state index in [2.05, 4.69) is 15.1 Å². The number of carboxylic acids is 2. The molecule has 0 radical (unpaired) electrons. The van der Waals surface area contributed by atoms with Crippen LogP contribution in [0.15, 0.2) is 85.3 Å². The number of hydrogen-bond donors (Lipinski definition) is 2. The molecule has 190 valence electrons. The van der Waals surface area contributed by atoms with Crippen LogP contribution in [0.1, 0.15) is 23.6 Å². The molecular weight excluding hydrogens is 484 g/mol. The third-order valence-electron chi connectivity index (χ3n) is 6.19. The number of carbonyl (C=O) groups is 2. The minimum absolute atomic E-state index is 0.0295. The van der Waals surface area contributed by atoms with Gasteiger partial charge in [0.1, 0.15) is 24.0 Å². The minimum atomic E-state index is -1.30. The van der Waals surface area contributed by atoms with Crippen molar-refractivity contribution >= 4 is 22.8 Å². The predicted octanol–water partition coefficient (Wildman–Crippen LogP) is 4.92. The first-order valence-corrected chi connectivity index (χ1v) is 11.9. The lowest BCUT2D eigenvalue weighted by Crippen LogP contribution is -2.19. The summed E-state index contributed by atoms with van der Waals surface area (Å²) in [4.78, 5) is 31.9. The van der Waals surface area contributed by atoms with Crippen LogP contribution in [-0.4, -0.2) is 41.9 Å². The summed E-state index contributed by atoms with van der Waals surface area (Å²) >= 11 is 0. The molecule has 9 heteroatoms. The Morgan fingerprint density at radius 3 is 2.42 bits per heavy atom. The fourth-order valence-electron chi connectivity index (χ4n) is 4.38. The van der Waals surface area contributed by atoms with Gasteiger partial charge in [0.25, 0.3) is 0 Å². The average Bonchev–Trinajstić information content (AvgIpc) is 3.32. The van der Waals surface area contributed by atoms with Gasteiger partial charge in [0.2, 0.25) is 0 Å². The first kappa shape index (κ1) is 24.6. The van der Waals surface area contributed by atoms with E-state index in [1.165, 1.54) is 0 Å². The molecule has 2 N–H and O–H groups in total.